The SMILES string of the molecule is C[C@@H](NCc1ccccc1CN1CCC(O)CC1)c1cc(Br)ccc1O. The van der Waals surface area contributed by atoms with Gasteiger partial charge in [-0.3, -0.25) is 4.90 Å². The second kappa shape index (κ2) is 9.00. The molecule has 1 aliphatic rings. The van der Waals surface area contributed by atoms with Crippen LogP contribution in [0.5, 0.6) is 5.75 Å². The number of aliphatic hydroxyl groups is 1. The van der Waals surface area contributed by atoms with Crippen molar-refractivity contribution in [2.75, 3.05) is 13.1 Å². The van der Waals surface area contributed by atoms with E-state index in [9.17, 15) is 10.2 Å². The molecule has 3 rings (SSSR count). The molecule has 0 bridgehead atoms. The minimum absolute atomic E-state index is 0.0469. The molecule has 3 N–H and O–H groups in total. The zero-order valence-corrected chi connectivity index (χ0v) is 16.7. The topological polar surface area (TPSA) is 55.7 Å². The summed E-state index contributed by atoms with van der Waals surface area (Å²) in [6.07, 6.45) is 1.58. The van der Waals surface area contributed by atoms with Crippen LogP contribution in [0.2, 0.25) is 0 Å². The van der Waals surface area contributed by atoms with Crippen molar-refractivity contribution in [1.29, 1.82) is 0 Å². The Hall–Kier alpha value is -1.40. The summed E-state index contributed by atoms with van der Waals surface area (Å²) in [6.45, 7) is 5.63. The van der Waals surface area contributed by atoms with Crippen molar-refractivity contribution in [3.63, 3.8) is 0 Å². The lowest BCUT2D eigenvalue weighted by Gasteiger charge is -2.30. The number of halogens is 1. The van der Waals surface area contributed by atoms with E-state index in [0.29, 0.717) is 5.75 Å². The largest absolute Gasteiger partial charge is 0.508 e. The molecule has 5 heteroatoms. The first-order valence-corrected chi connectivity index (χ1v) is 10.0. The standard InChI is InChI=1S/C21H27BrN2O2/c1-15(20-12-18(22)6-7-21(20)26)23-13-16-4-2-3-5-17(16)14-24-10-8-19(25)9-11-24/h2-7,12,15,19,23,25-26H,8-11,13-14H2,1H3/t15-/m1/s1. The van der Waals surface area contributed by atoms with Gasteiger partial charge in [0, 0.05) is 42.3 Å². The van der Waals surface area contributed by atoms with Crippen molar-refractivity contribution in [2.45, 2.75) is 45.0 Å². The number of hydrogen-bond donors (Lipinski definition) is 3. The number of nitrogens with one attached hydrogen (secondary N) is 1. The van der Waals surface area contributed by atoms with Gasteiger partial charge < -0.3 is 15.5 Å². The summed E-state index contributed by atoms with van der Waals surface area (Å²) in [7, 11) is 0. The zero-order chi connectivity index (χ0) is 18.5. The fourth-order valence-corrected chi connectivity index (χ4v) is 3.83. The molecule has 0 saturated carbocycles. The Morgan fingerprint density at radius 3 is 2.58 bits per heavy atom. The summed E-state index contributed by atoms with van der Waals surface area (Å²) >= 11 is 3.47. The maximum absolute atomic E-state index is 10.1. The van der Waals surface area contributed by atoms with Gasteiger partial charge in [-0.15, -0.1) is 0 Å². The number of phenols is 1. The molecule has 0 amide bonds. The van der Waals surface area contributed by atoms with Gasteiger partial charge in [0.1, 0.15) is 5.75 Å². The van der Waals surface area contributed by atoms with Crippen LogP contribution in [0, 0.1) is 0 Å². The van der Waals surface area contributed by atoms with E-state index in [2.05, 4.69) is 57.3 Å². The van der Waals surface area contributed by atoms with Crippen molar-refractivity contribution in [2.24, 2.45) is 0 Å². The molecule has 2 aromatic carbocycles. The first-order valence-electron chi connectivity index (χ1n) is 9.22. The Kier molecular flexibility index (Phi) is 6.70. The van der Waals surface area contributed by atoms with Crippen LogP contribution >= 0.6 is 15.9 Å². The third-order valence-electron chi connectivity index (χ3n) is 5.12. The number of likely N-dealkylation sites (tertiary alicyclic amines) is 1. The highest BCUT2D eigenvalue weighted by Gasteiger charge is 2.18. The van der Waals surface area contributed by atoms with Crippen molar-refractivity contribution in [3.05, 3.63) is 63.6 Å². The second-order valence-corrected chi connectivity index (χ2v) is 8.00. The summed E-state index contributed by atoms with van der Waals surface area (Å²) in [5, 5.41) is 23.3. The second-order valence-electron chi connectivity index (χ2n) is 7.08. The highest BCUT2D eigenvalue weighted by atomic mass is 79.9. The van der Waals surface area contributed by atoms with E-state index in [4.69, 9.17) is 0 Å². The van der Waals surface area contributed by atoms with Crippen molar-refractivity contribution < 1.29 is 10.2 Å². The number of nitrogens with zero attached hydrogens (tertiary/aromatic N) is 1. The van der Waals surface area contributed by atoms with Gasteiger partial charge in [0.15, 0.2) is 0 Å². The molecule has 0 aliphatic carbocycles. The molecule has 2 aromatic rings. The van der Waals surface area contributed by atoms with Gasteiger partial charge >= 0.3 is 0 Å². The average molecular weight is 419 g/mol. The molecule has 1 saturated heterocycles. The number of hydrogen-bond acceptors (Lipinski definition) is 4. The van der Waals surface area contributed by atoms with E-state index in [-0.39, 0.29) is 12.1 Å². The van der Waals surface area contributed by atoms with E-state index in [0.717, 1.165) is 49.1 Å². The van der Waals surface area contributed by atoms with Crippen LogP contribution in [-0.4, -0.2) is 34.3 Å². The summed E-state index contributed by atoms with van der Waals surface area (Å²) in [5.41, 5.74) is 3.49. The van der Waals surface area contributed by atoms with Crippen LogP contribution in [0.1, 0.15) is 42.5 Å². The molecular formula is C21H27BrN2O2. The van der Waals surface area contributed by atoms with E-state index in [1.54, 1.807) is 6.07 Å². The smallest absolute Gasteiger partial charge is 0.120 e. The van der Waals surface area contributed by atoms with Gasteiger partial charge in [-0.1, -0.05) is 40.2 Å². The normalized spacial score (nSPS) is 17.3. The molecule has 0 radical (unpaired) electrons. The average Bonchev–Trinajstić information content (AvgIpc) is 2.64. The number of phenolic OH excluding ortho intramolecular Hbond substituents is 1. The Labute approximate surface area is 164 Å². The van der Waals surface area contributed by atoms with Crippen LogP contribution in [0.15, 0.2) is 46.9 Å². The zero-order valence-electron chi connectivity index (χ0n) is 15.2. The van der Waals surface area contributed by atoms with Crippen molar-refractivity contribution in [3.8, 4) is 5.75 Å². The molecule has 0 unspecified atom stereocenters. The first-order chi connectivity index (χ1) is 12.5. The van der Waals surface area contributed by atoms with Gasteiger partial charge in [0.05, 0.1) is 6.10 Å². The number of aromatic hydroxyl groups is 1. The Morgan fingerprint density at radius 2 is 1.85 bits per heavy atom. The molecule has 0 aromatic heterocycles. The highest BCUT2D eigenvalue weighted by Crippen LogP contribution is 2.28. The number of benzene rings is 2. The fraction of sp³-hybridized carbons (Fsp3) is 0.429. The van der Waals surface area contributed by atoms with Gasteiger partial charge in [0.25, 0.3) is 0 Å². The molecule has 26 heavy (non-hydrogen) atoms. The van der Waals surface area contributed by atoms with E-state index in [1.165, 1.54) is 11.1 Å². The molecule has 1 aliphatic heterocycles. The van der Waals surface area contributed by atoms with E-state index >= 15 is 0 Å². The van der Waals surface area contributed by atoms with Crippen LogP contribution in [0.4, 0.5) is 0 Å². The van der Waals surface area contributed by atoms with Crippen LogP contribution < -0.4 is 5.32 Å². The predicted octanol–water partition coefficient (Wildman–Crippen LogP) is 3.96. The molecular weight excluding hydrogens is 392 g/mol. The monoisotopic (exact) mass is 418 g/mol. The fourth-order valence-electron chi connectivity index (χ4n) is 3.45. The van der Waals surface area contributed by atoms with Gasteiger partial charge in [-0.2, -0.15) is 0 Å². The number of rotatable bonds is 6. The Bertz CT molecular complexity index is 730. The lowest BCUT2D eigenvalue weighted by Crippen LogP contribution is -2.35. The minimum Gasteiger partial charge on any atom is -0.508 e. The van der Waals surface area contributed by atoms with Crippen LogP contribution in [0.25, 0.3) is 0 Å². The molecule has 4 nitrogen and oxygen atoms in total. The van der Waals surface area contributed by atoms with Gasteiger partial charge in [-0.05, 0) is 49.1 Å². The summed E-state index contributed by atoms with van der Waals surface area (Å²) in [6, 6.07) is 14.1. The third kappa shape index (κ3) is 5.07. The lowest BCUT2D eigenvalue weighted by molar-refractivity contribution is 0.0791. The van der Waals surface area contributed by atoms with E-state index < -0.39 is 0 Å². The summed E-state index contributed by atoms with van der Waals surface area (Å²) in [4.78, 5) is 2.41. The molecule has 1 atom stereocenters. The highest BCUT2D eigenvalue weighted by molar-refractivity contribution is 9.10. The van der Waals surface area contributed by atoms with Crippen molar-refractivity contribution in [1.82, 2.24) is 10.2 Å². The predicted molar refractivity (Wildman–Crippen MR) is 108 cm³/mol. The maximum Gasteiger partial charge on any atom is 0.120 e. The van der Waals surface area contributed by atoms with Gasteiger partial charge in [0.2, 0.25) is 0 Å². The molecule has 140 valence electrons. The molecule has 1 heterocycles. The van der Waals surface area contributed by atoms with Gasteiger partial charge in [-0.25, -0.2) is 0 Å². The van der Waals surface area contributed by atoms with Crippen molar-refractivity contribution >= 4 is 15.9 Å². The molecule has 0 spiro atoms. The summed E-state index contributed by atoms with van der Waals surface area (Å²) in [5.74, 6) is 0.313. The quantitative estimate of drug-likeness (QED) is 0.664. The number of piperidine rings is 1. The Balaban J connectivity index is 1.64. The Morgan fingerprint density at radius 1 is 1.15 bits per heavy atom. The van der Waals surface area contributed by atoms with Crippen LogP contribution in [-0.2, 0) is 13.1 Å². The first kappa shape index (κ1) is 19.4. The van der Waals surface area contributed by atoms with Crippen LogP contribution in [0.3, 0.4) is 0 Å². The molecule has 1 fully saturated rings. The lowest BCUT2D eigenvalue weighted by atomic mass is 10.0. The van der Waals surface area contributed by atoms with E-state index in [1.807, 2.05) is 12.1 Å². The summed E-state index contributed by atoms with van der Waals surface area (Å²) < 4.78 is 0.964. The minimum atomic E-state index is -0.137. The maximum atomic E-state index is 10.1. The third-order valence-corrected chi connectivity index (χ3v) is 5.62. The number of aliphatic hydroxyl groups excluding tert-OH is 1.